The van der Waals surface area contributed by atoms with Gasteiger partial charge in [0.1, 0.15) is 11.4 Å². The summed E-state index contributed by atoms with van der Waals surface area (Å²) in [5.74, 6) is 0.195. The topological polar surface area (TPSA) is 33.1 Å². The molecule has 0 bridgehead atoms. The van der Waals surface area contributed by atoms with Crippen molar-refractivity contribution < 1.29 is 5.11 Å². The number of aromatic nitrogens is 1. The number of benzene rings is 2. The molecular weight excluding hydrogens is 290 g/mol. The van der Waals surface area contributed by atoms with Gasteiger partial charge < -0.3 is 5.11 Å². The van der Waals surface area contributed by atoms with E-state index in [-0.39, 0.29) is 5.75 Å². The van der Waals surface area contributed by atoms with Gasteiger partial charge in [-0.3, -0.25) is 0 Å². The van der Waals surface area contributed by atoms with Crippen LogP contribution in [-0.4, -0.2) is 10.1 Å². The first-order valence-corrected chi connectivity index (χ1v) is 6.38. The highest BCUT2D eigenvalue weighted by Crippen LogP contribution is 2.34. The second kappa shape index (κ2) is 4.42. The van der Waals surface area contributed by atoms with Crippen molar-refractivity contribution >= 4 is 26.8 Å². The lowest BCUT2D eigenvalue weighted by Crippen LogP contribution is -1.87. The zero-order valence-electron chi connectivity index (χ0n) is 9.47. The van der Waals surface area contributed by atoms with E-state index in [0.717, 1.165) is 20.9 Å². The van der Waals surface area contributed by atoms with Crippen molar-refractivity contribution in [3.8, 4) is 17.0 Å². The Bertz CT molecular complexity index is 725. The van der Waals surface area contributed by atoms with Gasteiger partial charge in [0.05, 0.1) is 5.52 Å². The largest absolute Gasteiger partial charge is 0.506 e. The lowest BCUT2D eigenvalue weighted by Gasteiger charge is -2.07. The fourth-order valence-electron chi connectivity index (χ4n) is 1.96. The van der Waals surface area contributed by atoms with Crippen LogP contribution in [0.15, 0.2) is 59.1 Å². The molecule has 18 heavy (non-hydrogen) atoms. The number of hydrogen-bond donors (Lipinski definition) is 1. The summed E-state index contributed by atoms with van der Waals surface area (Å²) in [7, 11) is 0. The van der Waals surface area contributed by atoms with Gasteiger partial charge in [0.15, 0.2) is 0 Å². The number of aromatic hydroxyl groups is 1. The Morgan fingerprint density at radius 2 is 1.67 bits per heavy atom. The van der Waals surface area contributed by atoms with Crippen LogP contribution in [-0.2, 0) is 0 Å². The molecule has 0 aliphatic carbocycles. The molecule has 3 heteroatoms. The van der Waals surface area contributed by atoms with Crippen LogP contribution >= 0.6 is 15.9 Å². The molecule has 0 spiro atoms. The first kappa shape index (κ1) is 11.2. The van der Waals surface area contributed by atoms with Crippen LogP contribution in [0.4, 0.5) is 0 Å². The smallest absolute Gasteiger partial charge is 0.142 e. The van der Waals surface area contributed by atoms with Crippen LogP contribution in [0.5, 0.6) is 5.75 Å². The standard InChI is InChI=1S/C15H10BrNO/c16-12-7-3-2-6-11(12)15-14(18)9-10-5-1-4-8-13(10)17-15/h1-9,18H. The Kier molecular flexibility index (Phi) is 2.76. The maximum absolute atomic E-state index is 10.1. The van der Waals surface area contributed by atoms with E-state index in [0.29, 0.717) is 5.69 Å². The molecule has 0 saturated carbocycles. The highest BCUT2D eigenvalue weighted by molar-refractivity contribution is 9.10. The van der Waals surface area contributed by atoms with Gasteiger partial charge in [-0.05, 0) is 18.2 Å². The van der Waals surface area contributed by atoms with Crippen molar-refractivity contribution in [2.24, 2.45) is 0 Å². The summed E-state index contributed by atoms with van der Waals surface area (Å²) in [6, 6.07) is 17.2. The summed E-state index contributed by atoms with van der Waals surface area (Å²) in [4.78, 5) is 4.53. The normalized spacial score (nSPS) is 10.7. The number of para-hydroxylation sites is 1. The molecule has 88 valence electrons. The van der Waals surface area contributed by atoms with Crippen LogP contribution in [0.1, 0.15) is 0 Å². The second-order valence-electron chi connectivity index (χ2n) is 4.03. The van der Waals surface area contributed by atoms with Crippen molar-refractivity contribution in [3.05, 3.63) is 59.1 Å². The fourth-order valence-corrected chi connectivity index (χ4v) is 2.43. The van der Waals surface area contributed by atoms with E-state index in [1.165, 1.54) is 0 Å². The Labute approximate surface area is 113 Å². The van der Waals surface area contributed by atoms with Crippen LogP contribution in [0.3, 0.4) is 0 Å². The Morgan fingerprint density at radius 1 is 0.944 bits per heavy atom. The minimum Gasteiger partial charge on any atom is -0.506 e. The predicted molar refractivity (Wildman–Crippen MR) is 76.5 cm³/mol. The molecule has 1 aromatic heterocycles. The van der Waals surface area contributed by atoms with E-state index >= 15 is 0 Å². The van der Waals surface area contributed by atoms with Gasteiger partial charge in [0.2, 0.25) is 0 Å². The van der Waals surface area contributed by atoms with Gasteiger partial charge in [-0.2, -0.15) is 0 Å². The second-order valence-corrected chi connectivity index (χ2v) is 4.88. The number of fused-ring (bicyclic) bond motifs is 1. The SMILES string of the molecule is Oc1cc2ccccc2nc1-c1ccccc1Br. The van der Waals surface area contributed by atoms with Gasteiger partial charge >= 0.3 is 0 Å². The fraction of sp³-hybridized carbons (Fsp3) is 0. The third kappa shape index (κ3) is 1.87. The molecule has 0 fully saturated rings. The van der Waals surface area contributed by atoms with Crippen LogP contribution < -0.4 is 0 Å². The Morgan fingerprint density at radius 3 is 2.50 bits per heavy atom. The molecule has 0 saturated heterocycles. The summed E-state index contributed by atoms with van der Waals surface area (Å²) in [6.45, 7) is 0. The lowest BCUT2D eigenvalue weighted by atomic mass is 10.1. The van der Waals surface area contributed by atoms with Gasteiger partial charge in [-0.25, -0.2) is 4.98 Å². The van der Waals surface area contributed by atoms with E-state index in [1.807, 2.05) is 48.5 Å². The predicted octanol–water partition coefficient (Wildman–Crippen LogP) is 4.37. The molecule has 3 aromatic rings. The van der Waals surface area contributed by atoms with Crippen molar-refractivity contribution in [1.82, 2.24) is 4.98 Å². The highest BCUT2D eigenvalue weighted by atomic mass is 79.9. The first-order valence-electron chi connectivity index (χ1n) is 5.59. The number of pyridine rings is 1. The molecule has 0 amide bonds. The maximum Gasteiger partial charge on any atom is 0.142 e. The van der Waals surface area contributed by atoms with Gasteiger partial charge in [-0.15, -0.1) is 0 Å². The number of hydrogen-bond acceptors (Lipinski definition) is 2. The quantitative estimate of drug-likeness (QED) is 0.724. The van der Waals surface area contributed by atoms with Crippen molar-refractivity contribution in [3.63, 3.8) is 0 Å². The van der Waals surface area contributed by atoms with E-state index in [2.05, 4.69) is 20.9 Å². The van der Waals surface area contributed by atoms with E-state index in [1.54, 1.807) is 6.07 Å². The molecule has 2 nitrogen and oxygen atoms in total. The molecular formula is C15H10BrNO. The van der Waals surface area contributed by atoms with E-state index in [4.69, 9.17) is 0 Å². The molecule has 1 heterocycles. The van der Waals surface area contributed by atoms with E-state index < -0.39 is 0 Å². The van der Waals surface area contributed by atoms with Crippen LogP contribution in [0.25, 0.3) is 22.2 Å². The number of rotatable bonds is 1. The number of nitrogens with zero attached hydrogens (tertiary/aromatic N) is 1. The molecule has 0 radical (unpaired) electrons. The van der Waals surface area contributed by atoms with Crippen molar-refractivity contribution in [2.75, 3.05) is 0 Å². The third-order valence-corrected chi connectivity index (χ3v) is 3.52. The third-order valence-electron chi connectivity index (χ3n) is 2.83. The monoisotopic (exact) mass is 299 g/mol. The summed E-state index contributed by atoms with van der Waals surface area (Å²) in [5.41, 5.74) is 2.36. The van der Waals surface area contributed by atoms with Gasteiger partial charge in [0, 0.05) is 15.4 Å². The first-order chi connectivity index (χ1) is 8.75. The Balaban J connectivity index is 2.30. The molecule has 1 N–H and O–H groups in total. The molecule has 0 unspecified atom stereocenters. The number of halogens is 1. The van der Waals surface area contributed by atoms with Crippen LogP contribution in [0.2, 0.25) is 0 Å². The molecule has 3 rings (SSSR count). The zero-order valence-corrected chi connectivity index (χ0v) is 11.1. The molecule has 2 aromatic carbocycles. The van der Waals surface area contributed by atoms with Crippen molar-refractivity contribution in [2.45, 2.75) is 0 Å². The Hall–Kier alpha value is -1.87. The molecule has 0 aliphatic rings. The molecule has 0 atom stereocenters. The summed E-state index contributed by atoms with van der Waals surface area (Å²) in [6.07, 6.45) is 0. The lowest BCUT2D eigenvalue weighted by molar-refractivity contribution is 0.476. The van der Waals surface area contributed by atoms with Gasteiger partial charge in [-0.1, -0.05) is 52.3 Å². The van der Waals surface area contributed by atoms with Crippen LogP contribution in [0, 0.1) is 0 Å². The summed E-state index contributed by atoms with van der Waals surface area (Å²) < 4.78 is 0.920. The average molecular weight is 300 g/mol. The maximum atomic E-state index is 10.1. The average Bonchev–Trinajstić information content (AvgIpc) is 2.39. The van der Waals surface area contributed by atoms with Crippen molar-refractivity contribution in [1.29, 1.82) is 0 Å². The highest BCUT2D eigenvalue weighted by Gasteiger charge is 2.10. The minimum atomic E-state index is 0.195. The summed E-state index contributed by atoms with van der Waals surface area (Å²) in [5, 5.41) is 11.0. The summed E-state index contributed by atoms with van der Waals surface area (Å²) >= 11 is 3.48. The zero-order chi connectivity index (χ0) is 12.5. The molecule has 0 aliphatic heterocycles. The van der Waals surface area contributed by atoms with E-state index in [9.17, 15) is 5.11 Å². The van der Waals surface area contributed by atoms with Gasteiger partial charge in [0.25, 0.3) is 0 Å². The minimum absolute atomic E-state index is 0.195.